The van der Waals surface area contributed by atoms with Crippen molar-refractivity contribution in [2.24, 2.45) is 40.9 Å². The van der Waals surface area contributed by atoms with Crippen LogP contribution in [0.1, 0.15) is 77.2 Å². The van der Waals surface area contributed by atoms with E-state index < -0.39 is 5.60 Å². The number of rotatable bonds is 3. The molecule has 1 N–H and O–H groups in total. The second-order valence-electron chi connectivity index (χ2n) is 11.5. The van der Waals surface area contributed by atoms with Crippen molar-refractivity contribution in [3.05, 3.63) is 30.1 Å². The number of nitrogens with zero attached hydrogens (tertiary/aromatic N) is 3. The Kier molecular flexibility index (Phi) is 4.89. The van der Waals surface area contributed by atoms with Crippen LogP contribution < -0.4 is 0 Å². The van der Waals surface area contributed by atoms with Gasteiger partial charge in [-0.1, -0.05) is 19.1 Å². The van der Waals surface area contributed by atoms with Crippen LogP contribution in [0.4, 0.5) is 0 Å². The van der Waals surface area contributed by atoms with Crippen LogP contribution in [0.5, 0.6) is 0 Å². The minimum atomic E-state index is -0.425. The van der Waals surface area contributed by atoms with Crippen molar-refractivity contribution in [3.8, 4) is 6.07 Å². The number of hydrogen-bond acceptors (Lipinski definition) is 3. The van der Waals surface area contributed by atoms with Crippen molar-refractivity contribution in [2.75, 3.05) is 0 Å². The zero-order chi connectivity index (χ0) is 21.1. The Bertz CT molecular complexity index is 864. The van der Waals surface area contributed by atoms with Crippen molar-refractivity contribution in [1.82, 2.24) is 9.78 Å². The van der Waals surface area contributed by atoms with E-state index >= 15 is 0 Å². The van der Waals surface area contributed by atoms with E-state index in [-0.39, 0.29) is 0 Å². The summed E-state index contributed by atoms with van der Waals surface area (Å²) in [5, 5.41) is 24.0. The van der Waals surface area contributed by atoms with Crippen LogP contribution in [0.3, 0.4) is 0 Å². The molecule has 4 fully saturated rings. The van der Waals surface area contributed by atoms with Gasteiger partial charge in [0.1, 0.15) is 6.07 Å². The predicted molar refractivity (Wildman–Crippen MR) is 117 cm³/mol. The lowest BCUT2D eigenvalue weighted by Gasteiger charge is -2.57. The van der Waals surface area contributed by atoms with Gasteiger partial charge in [-0.15, -0.1) is 0 Å². The Labute approximate surface area is 181 Å². The lowest BCUT2D eigenvalue weighted by molar-refractivity contribution is -0.0979. The Morgan fingerprint density at radius 1 is 1.17 bits per heavy atom. The minimum Gasteiger partial charge on any atom is -0.390 e. The zero-order valence-corrected chi connectivity index (χ0v) is 18.7. The summed E-state index contributed by atoms with van der Waals surface area (Å²) in [4.78, 5) is 0. The van der Waals surface area contributed by atoms with E-state index in [1.807, 2.05) is 10.9 Å². The van der Waals surface area contributed by atoms with E-state index in [0.29, 0.717) is 16.9 Å². The van der Waals surface area contributed by atoms with Gasteiger partial charge in [0.15, 0.2) is 0 Å². The second-order valence-corrected chi connectivity index (χ2v) is 11.5. The van der Waals surface area contributed by atoms with Gasteiger partial charge >= 0.3 is 0 Å². The first-order valence-electron chi connectivity index (χ1n) is 12.1. The highest BCUT2D eigenvalue weighted by Crippen LogP contribution is 2.65. The first kappa shape index (κ1) is 20.3. The largest absolute Gasteiger partial charge is 0.390 e. The fraction of sp³-hybridized carbons (Fsp3) is 0.769. The lowest BCUT2D eigenvalue weighted by Crippen LogP contribution is -2.50. The van der Waals surface area contributed by atoms with Gasteiger partial charge in [0.25, 0.3) is 0 Å². The van der Waals surface area contributed by atoms with Crippen LogP contribution in [0.2, 0.25) is 0 Å². The zero-order valence-electron chi connectivity index (χ0n) is 18.7. The molecule has 0 amide bonds. The monoisotopic (exact) mass is 407 g/mol. The molecule has 1 heterocycles. The van der Waals surface area contributed by atoms with Crippen molar-refractivity contribution >= 4 is 0 Å². The average Bonchev–Trinajstić information content (AvgIpc) is 3.30. The summed E-state index contributed by atoms with van der Waals surface area (Å²) in [5.41, 5.74) is 1.87. The standard InChI is InChI=1S/C26H37N3O/c1-17(15-29-16-18(13-27)14-28-29)23-6-7-24-22-5-4-19-12-25(2,30)10-8-20(19)21(22)9-11-26(23,24)3/h14,16,19-24,30H,1,4-12,15H2,2-3H3/t19-,20-,21+,22+,23+,24-,25+,26+/m0/s1. The Balaban J connectivity index is 1.30. The van der Waals surface area contributed by atoms with Gasteiger partial charge in [-0.2, -0.15) is 10.4 Å². The number of nitriles is 1. The van der Waals surface area contributed by atoms with Crippen LogP contribution in [0.15, 0.2) is 24.5 Å². The molecule has 0 spiro atoms. The Morgan fingerprint density at radius 3 is 2.73 bits per heavy atom. The van der Waals surface area contributed by atoms with E-state index in [1.165, 1.54) is 50.5 Å². The number of aliphatic hydroxyl groups is 1. The summed E-state index contributed by atoms with van der Waals surface area (Å²) < 4.78 is 1.89. The summed E-state index contributed by atoms with van der Waals surface area (Å²) in [7, 11) is 0. The third-order valence-electron chi connectivity index (χ3n) is 9.86. The highest BCUT2D eigenvalue weighted by molar-refractivity contribution is 5.22. The molecule has 0 aromatic carbocycles. The highest BCUT2D eigenvalue weighted by Gasteiger charge is 2.57. The molecule has 1 aromatic heterocycles. The molecule has 1 aromatic rings. The minimum absolute atomic E-state index is 0.371. The summed E-state index contributed by atoms with van der Waals surface area (Å²) in [6.07, 6.45) is 14.7. The fourth-order valence-corrected chi connectivity index (χ4v) is 8.58. The van der Waals surface area contributed by atoms with Crippen LogP contribution in [-0.2, 0) is 6.54 Å². The topological polar surface area (TPSA) is 61.8 Å². The van der Waals surface area contributed by atoms with Gasteiger partial charge < -0.3 is 5.11 Å². The third kappa shape index (κ3) is 3.25. The van der Waals surface area contributed by atoms with E-state index in [0.717, 1.165) is 49.0 Å². The summed E-state index contributed by atoms with van der Waals surface area (Å²) in [5.74, 6) is 4.76. The summed E-state index contributed by atoms with van der Waals surface area (Å²) >= 11 is 0. The maximum atomic E-state index is 10.6. The first-order chi connectivity index (χ1) is 14.3. The number of hydrogen-bond donors (Lipinski definition) is 1. The molecule has 4 heteroatoms. The highest BCUT2D eigenvalue weighted by atomic mass is 16.3. The Morgan fingerprint density at radius 2 is 1.97 bits per heavy atom. The number of fused-ring (bicyclic) bond motifs is 5. The first-order valence-corrected chi connectivity index (χ1v) is 12.1. The van der Waals surface area contributed by atoms with Gasteiger partial charge in [-0.25, -0.2) is 0 Å². The van der Waals surface area contributed by atoms with Gasteiger partial charge in [0.05, 0.1) is 23.9 Å². The molecule has 0 unspecified atom stereocenters. The van der Waals surface area contributed by atoms with Gasteiger partial charge in [-0.05, 0) is 106 Å². The Hall–Kier alpha value is -1.60. The molecule has 8 atom stereocenters. The smallest absolute Gasteiger partial charge is 0.102 e. The van der Waals surface area contributed by atoms with Crippen LogP contribution >= 0.6 is 0 Å². The van der Waals surface area contributed by atoms with Crippen LogP contribution in [-0.4, -0.2) is 20.5 Å². The molecule has 4 saturated carbocycles. The molecule has 4 nitrogen and oxygen atoms in total. The van der Waals surface area contributed by atoms with Crippen molar-refractivity contribution in [2.45, 2.75) is 83.8 Å². The van der Waals surface area contributed by atoms with Gasteiger partial charge in [0, 0.05) is 6.20 Å². The molecule has 30 heavy (non-hydrogen) atoms. The van der Waals surface area contributed by atoms with E-state index in [9.17, 15) is 5.11 Å². The quantitative estimate of drug-likeness (QED) is 0.689. The summed E-state index contributed by atoms with van der Waals surface area (Å²) in [6, 6.07) is 2.17. The molecular weight excluding hydrogens is 370 g/mol. The van der Waals surface area contributed by atoms with Gasteiger partial charge in [0.2, 0.25) is 0 Å². The average molecular weight is 408 g/mol. The third-order valence-corrected chi connectivity index (χ3v) is 9.86. The maximum Gasteiger partial charge on any atom is 0.102 e. The number of allylic oxidation sites excluding steroid dienone is 1. The predicted octanol–water partition coefficient (Wildman–Crippen LogP) is 5.33. The van der Waals surface area contributed by atoms with E-state index in [4.69, 9.17) is 5.26 Å². The summed E-state index contributed by atoms with van der Waals surface area (Å²) in [6.45, 7) is 9.86. The molecule has 0 radical (unpaired) electrons. The second kappa shape index (κ2) is 7.23. The fourth-order valence-electron chi connectivity index (χ4n) is 8.58. The number of aromatic nitrogens is 2. The van der Waals surface area contributed by atoms with E-state index in [1.54, 1.807) is 6.20 Å². The normalized spacial score (nSPS) is 45.1. The molecule has 4 aliphatic rings. The van der Waals surface area contributed by atoms with Crippen molar-refractivity contribution in [3.63, 3.8) is 0 Å². The molecule has 0 bridgehead atoms. The molecule has 5 rings (SSSR count). The molecular formula is C26H37N3O. The molecule has 0 aliphatic heterocycles. The molecule has 4 aliphatic carbocycles. The SMILES string of the molecule is C=C(Cn1cc(C#N)cn1)[C@H]1CC[C@H]2[C@@H]3CC[C@H]4C[C@](C)(O)CC[C@@H]4[C@H]3CC[C@]12C. The lowest BCUT2D eigenvalue weighted by atomic mass is 9.49. The van der Waals surface area contributed by atoms with Crippen molar-refractivity contribution in [1.29, 1.82) is 5.26 Å². The molecule has 162 valence electrons. The van der Waals surface area contributed by atoms with Crippen LogP contribution in [0, 0.1) is 52.3 Å². The van der Waals surface area contributed by atoms with Gasteiger partial charge in [-0.3, -0.25) is 4.68 Å². The van der Waals surface area contributed by atoms with Crippen LogP contribution in [0.25, 0.3) is 0 Å². The maximum absolute atomic E-state index is 10.6. The van der Waals surface area contributed by atoms with E-state index in [2.05, 4.69) is 31.6 Å². The molecule has 0 saturated heterocycles. The van der Waals surface area contributed by atoms with Crippen molar-refractivity contribution < 1.29 is 5.11 Å².